The molecule has 0 unspecified atom stereocenters. The minimum atomic E-state index is -0.489. The first kappa shape index (κ1) is 24.6. The van der Waals surface area contributed by atoms with Crippen LogP contribution in [-0.2, 0) is 0 Å². The van der Waals surface area contributed by atoms with Gasteiger partial charge in [0.2, 0.25) is 5.84 Å². The summed E-state index contributed by atoms with van der Waals surface area (Å²) in [5.41, 5.74) is 7.11. The number of piperazine rings is 1. The topological polar surface area (TPSA) is 112 Å². The Kier molecular flexibility index (Phi) is 7.62. The van der Waals surface area contributed by atoms with Gasteiger partial charge in [-0.2, -0.15) is 5.41 Å². The summed E-state index contributed by atoms with van der Waals surface area (Å²) < 4.78 is 26.9. The maximum absolute atomic E-state index is 13.5. The summed E-state index contributed by atoms with van der Waals surface area (Å²) >= 11 is 5.91. The first-order chi connectivity index (χ1) is 16.9. The molecule has 0 aliphatic carbocycles. The molecule has 0 radical (unpaired) electrons. The van der Waals surface area contributed by atoms with Crippen LogP contribution in [0.2, 0.25) is 5.02 Å². The van der Waals surface area contributed by atoms with Crippen molar-refractivity contribution >= 4 is 45.7 Å². The average Bonchev–Trinajstić information content (AvgIpc) is 2.83. The standard InChI is InChI=1S/C24H27ClFN7O2/c1-15(27)33-8-7-32(13-23(33)28)6-3-9-35-22-11-17-20(12-21(22)34-2)29-14-30-24(17)31-16-4-5-19(26)18(25)10-16/h4-5,10-12,14,27-28H,3,6-9,13H2,1-2H3,(H,29,30,31)/p+1. The molecule has 4 rings (SSSR count). The van der Waals surface area contributed by atoms with E-state index in [4.69, 9.17) is 32.2 Å². The number of anilines is 2. The predicted octanol–water partition coefficient (Wildman–Crippen LogP) is 3.63. The Balaban J connectivity index is 1.44. The molecule has 0 atom stereocenters. The van der Waals surface area contributed by atoms with Gasteiger partial charge in [0.05, 0.1) is 37.3 Å². The molecule has 0 saturated carbocycles. The highest BCUT2D eigenvalue weighted by Crippen LogP contribution is 2.35. The maximum Gasteiger partial charge on any atom is 0.243 e. The van der Waals surface area contributed by atoms with Crippen molar-refractivity contribution in [3.05, 3.63) is 47.5 Å². The van der Waals surface area contributed by atoms with E-state index in [2.05, 4.69) is 20.2 Å². The SMILES string of the molecule is COc1cc2ncnc(Nc3ccc(F)c(Cl)c3)c2cc1OCCCN1CC[N+](=C(C)N)C(=N)C1. The third-order valence-corrected chi connectivity index (χ3v) is 6.03. The number of hydrogen-bond acceptors (Lipinski definition) is 7. The zero-order chi connectivity index (χ0) is 24.9. The lowest BCUT2D eigenvalue weighted by Crippen LogP contribution is -2.48. The number of nitrogens with zero attached hydrogens (tertiary/aromatic N) is 4. The van der Waals surface area contributed by atoms with Crippen molar-refractivity contribution in [1.82, 2.24) is 14.9 Å². The van der Waals surface area contributed by atoms with E-state index in [1.54, 1.807) is 19.2 Å². The van der Waals surface area contributed by atoms with Gasteiger partial charge in [-0.05, 0) is 30.7 Å². The molecule has 4 N–H and O–H groups in total. The fourth-order valence-electron chi connectivity index (χ4n) is 3.95. The third-order valence-electron chi connectivity index (χ3n) is 5.74. The molecule has 11 heteroatoms. The molecule has 2 heterocycles. The van der Waals surface area contributed by atoms with Gasteiger partial charge in [-0.3, -0.25) is 4.90 Å². The van der Waals surface area contributed by atoms with Crippen molar-refractivity contribution in [2.24, 2.45) is 5.73 Å². The summed E-state index contributed by atoms with van der Waals surface area (Å²) in [6.07, 6.45) is 2.22. The van der Waals surface area contributed by atoms with E-state index in [1.165, 1.54) is 18.5 Å². The van der Waals surface area contributed by atoms with Crippen LogP contribution >= 0.6 is 11.6 Å². The number of methoxy groups -OCH3 is 1. The average molecular weight is 501 g/mol. The lowest BCUT2D eigenvalue weighted by molar-refractivity contribution is -0.424. The van der Waals surface area contributed by atoms with Gasteiger partial charge in [-0.15, -0.1) is 0 Å². The molecule has 1 aliphatic heterocycles. The second-order valence-electron chi connectivity index (χ2n) is 8.21. The van der Waals surface area contributed by atoms with Crippen molar-refractivity contribution in [2.45, 2.75) is 13.3 Å². The second kappa shape index (κ2) is 10.8. The molecule has 0 spiro atoms. The molecule has 0 bridgehead atoms. The normalized spacial score (nSPS) is 15.8. The Labute approximate surface area is 207 Å². The van der Waals surface area contributed by atoms with Gasteiger partial charge in [0.1, 0.15) is 18.0 Å². The molecule has 1 aliphatic rings. The van der Waals surface area contributed by atoms with Crippen LogP contribution in [0.5, 0.6) is 11.5 Å². The van der Waals surface area contributed by atoms with Gasteiger partial charge in [0, 0.05) is 37.2 Å². The highest BCUT2D eigenvalue weighted by molar-refractivity contribution is 6.31. The lowest BCUT2D eigenvalue weighted by atomic mass is 10.2. The monoisotopic (exact) mass is 500 g/mol. The van der Waals surface area contributed by atoms with Crippen molar-refractivity contribution in [3.63, 3.8) is 0 Å². The van der Waals surface area contributed by atoms with Crippen LogP contribution in [-0.4, -0.2) is 71.0 Å². The van der Waals surface area contributed by atoms with Crippen LogP contribution < -0.4 is 20.5 Å². The van der Waals surface area contributed by atoms with Crippen molar-refractivity contribution < 1.29 is 18.4 Å². The molecule has 2 aromatic carbocycles. The van der Waals surface area contributed by atoms with Crippen molar-refractivity contribution in [1.29, 1.82) is 5.41 Å². The number of benzene rings is 2. The number of halogens is 2. The summed E-state index contributed by atoms with van der Waals surface area (Å²) in [4.78, 5) is 10.9. The van der Waals surface area contributed by atoms with E-state index < -0.39 is 5.82 Å². The van der Waals surface area contributed by atoms with Gasteiger partial charge >= 0.3 is 0 Å². The van der Waals surface area contributed by atoms with Gasteiger partial charge in [-0.25, -0.2) is 18.9 Å². The number of rotatable bonds is 8. The summed E-state index contributed by atoms with van der Waals surface area (Å²) in [6.45, 7) is 5.22. The Bertz CT molecular complexity index is 1280. The molecular weight excluding hydrogens is 473 g/mol. The number of ether oxygens (including phenoxy) is 2. The number of nitrogens with one attached hydrogen (secondary N) is 2. The molecule has 184 valence electrons. The van der Waals surface area contributed by atoms with E-state index in [-0.39, 0.29) is 5.02 Å². The van der Waals surface area contributed by atoms with E-state index in [9.17, 15) is 4.39 Å². The Morgan fingerprint density at radius 1 is 1.29 bits per heavy atom. The molecule has 35 heavy (non-hydrogen) atoms. The molecular formula is C24H28ClFN7O2+. The zero-order valence-electron chi connectivity index (χ0n) is 19.6. The Morgan fingerprint density at radius 2 is 2.11 bits per heavy atom. The first-order valence-corrected chi connectivity index (χ1v) is 11.6. The van der Waals surface area contributed by atoms with Crippen LogP contribution in [0.25, 0.3) is 10.9 Å². The Hall–Kier alpha value is -3.50. The summed E-state index contributed by atoms with van der Waals surface area (Å²) in [5.74, 6) is 2.35. The summed E-state index contributed by atoms with van der Waals surface area (Å²) in [5, 5.41) is 12.1. The maximum atomic E-state index is 13.5. The summed E-state index contributed by atoms with van der Waals surface area (Å²) in [7, 11) is 1.58. The number of amidine groups is 2. The molecule has 1 aromatic heterocycles. The number of nitrogens with two attached hydrogens (primary N) is 1. The van der Waals surface area contributed by atoms with Gasteiger partial charge < -0.3 is 20.5 Å². The number of aromatic nitrogens is 2. The fourth-order valence-corrected chi connectivity index (χ4v) is 4.13. The molecule has 0 amide bonds. The minimum Gasteiger partial charge on any atom is -0.493 e. The summed E-state index contributed by atoms with van der Waals surface area (Å²) in [6, 6.07) is 8.00. The smallest absolute Gasteiger partial charge is 0.243 e. The second-order valence-corrected chi connectivity index (χ2v) is 8.62. The molecule has 1 fully saturated rings. The minimum absolute atomic E-state index is 0.0203. The highest BCUT2D eigenvalue weighted by Gasteiger charge is 2.22. The van der Waals surface area contributed by atoms with Gasteiger partial charge in [-0.1, -0.05) is 11.6 Å². The lowest BCUT2D eigenvalue weighted by Gasteiger charge is -2.27. The van der Waals surface area contributed by atoms with Crippen molar-refractivity contribution in [2.75, 3.05) is 45.2 Å². The van der Waals surface area contributed by atoms with E-state index >= 15 is 0 Å². The molecule has 9 nitrogen and oxygen atoms in total. The van der Waals surface area contributed by atoms with E-state index in [1.807, 2.05) is 17.6 Å². The molecule has 3 aromatic rings. The van der Waals surface area contributed by atoms with Crippen LogP contribution in [0.15, 0.2) is 36.7 Å². The number of hydrogen-bond donors (Lipinski definition) is 3. The molecule has 1 saturated heterocycles. The van der Waals surface area contributed by atoms with E-state index in [0.717, 1.165) is 31.4 Å². The van der Waals surface area contributed by atoms with Crippen LogP contribution in [0.4, 0.5) is 15.9 Å². The fraction of sp³-hybridized carbons (Fsp3) is 0.333. The van der Waals surface area contributed by atoms with E-state index in [0.29, 0.717) is 53.3 Å². The predicted molar refractivity (Wildman–Crippen MR) is 135 cm³/mol. The van der Waals surface area contributed by atoms with Crippen LogP contribution in [0.3, 0.4) is 0 Å². The first-order valence-electron chi connectivity index (χ1n) is 11.2. The van der Waals surface area contributed by atoms with Crippen LogP contribution in [0, 0.1) is 11.2 Å². The Morgan fingerprint density at radius 3 is 2.83 bits per heavy atom. The van der Waals surface area contributed by atoms with Gasteiger partial charge in [0.15, 0.2) is 17.3 Å². The third kappa shape index (κ3) is 5.77. The zero-order valence-corrected chi connectivity index (χ0v) is 20.4. The number of fused-ring (bicyclic) bond motifs is 1. The van der Waals surface area contributed by atoms with Crippen molar-refractivity contribution in [3.8, 4) is 11.5 Å². The highest BCUT2D eigenvalue weighted by atomic mass is 35.5. The quantitative estimate of drug-likeness (QED) is 0.246. The largest absolute Gasteiger partial charge is 0.493 e. The van der Waals surface area contributed by atoms with Gasteiger partial charge in [0.25, 0.3) is 0 Å². The van der Waals surface area contributed by atoms with Crippen LogP contribution in [0.1, 0.15) is 13.3 Å².